The topological polar surface area (TPSA) is 38.3 Å². The minimum atomic E-state index is -0.103. The summed E-state index contributed by atoms with van der Waals surface area (Å²) >= 11 is 7.49. The van der Waals surface area contributed by atoms with Crippen LogP contribution in [-0.2, 0) is 4.79 Å². The normalized spacial score (nSPS) is 10.6. The number of halogens is 1. The zero-order chi connectivity index (χ0) is 16.9. The average Bonchev–Trinajstić information content (AvgIpc) is 2.60. The molecule has 0 aliphatic rings. The van der Waals surface area contributed by atoms with Crippen molar-refractivity contribution >= 4 is 45.7 Å². The molecule has 24 heavy (non-hydrogen) atoms. The Bertz CT molecular complexity index is 877. The van der Waals surface area contributed by atoms with Gasteiger partial charge in [0.15, 0.2) is 0 Å². The third-order valence-corrected chi connectivity index (χ3v) is 4.85. The van der Waals surface area contributed by atoms with Crippen LogP contribution in [0, 0.1) is 0 Å². The number of rotatable bonds is 5. The summed E-state index contributed by atoms with van der Waals surface area (Å²) in [5.41, 5.74) is 0.577. The van der Waals surface area contributed by atoms with Crippen molar-refractivity contribution < 1.29 is 9.53 Å². The third-order valence-electron chi connectivity index (χ3n) is 3.54. The van der Waals surface area contributed by atoms with Crippen molar-refractivity contribution in [3.05, 3.63) is 65.7 Å². The monoisotopic (exact) mass is 357 g/mol. The second kappa shape index (κ2) is 7.60. The second-order valence-corrected chi connectivity index (χ2v) is 6.61. The average molecular weight is 358 g/mol. The first-order valence-electron chi connectivity index (χ1n) is 7.41. The van der Waals surface area contributed by atoms with Crippen LogP contribution in [0.2, 0.25) is 5.02 Å². The van der Waals surface area contributed by atoms with E-state index in [-0.39, 0.29) is 5.91 Å². The number of hydrogen-bond acceptors (Lipinski definition) is 3. The quantitative estimate of drug-likeness (QED) is 0.635. The molecule has 0 spiro atoms. The van der Waals surface area contributed by atoms with E-state index in [2.05, 4.69) is 23.5 Å². The molecular weight excluding hydrogens is 342 g/mol. The van der Waals surface area contributed by atoms with Crippen molar-refractivity contribution in [2.45, 2.75) is 4.90 Å². The van der Waals surface area contributed by atoms with E-state index in [0.717, 1.165) is 10.3 Å². The summed E-state index contributed by atoms with van der Waals surface area (Å²) in [4.78, 5) is 13.4. The number of fused-ring (bicyclic) bond motifs is 1. The molecule has 0 atom stereocenters. The third kappa shape index (κ3) is 3.83. The molecule has 3 nitrogen and oxygen atoms in total. The fourth-order valence-electron chi connectivity index (χ4n) is 2.43. The van der Waals surface area contributed by atoms with Gasteiger partial charge in [-0.3, -0.25) is 4.79 Å². The predicted octanol–water partition coefficient (Wildman–Crippen LogP) is 5.23. The Morgan fingerprint density at radius 3 is 2.75 bits per heavy atom. The Balaban J connectivity index is 1.71. The summed E-state index contributed by atoms with van der Waals surface area (Å²) in [5.74, 6) is 0.792. The van der Waals surface area contributed by atoms with Gasteiger partial charge >= 0.3 is 0 Å². The van der Waals surface area contributed by atoms with Crippen molar-refractivity contribution in [1.29, 1.82) is 0 Å². The van der Waals surface area contributed by atoms with E-state index in [9.17, 15) is 4.79 Å². The Morgan fingerprint density at radius 1 is 1.12 bits per heavy atom. The predicted molar refractivity (Wildman–Crippen MR) is 101 cm³/mol. The van der Waals surface area contributed by atoms with Crippen LogP contribution in [0.1, 0.15) is 0 Å². The second-order valence-electron chi connectivity index (χ2n) is 5.16. The highest BCUT2D eigenvalue weighted by Gasteiger charge is 2.10. The van der Waals surface area contributed by atoms with E-state index in [1.807, 2.05) is 24.3 Å². The van der Waals surface area contributed by atoms with E-state index in [1.54, 1.807) is 25.3 Å². The number of benzene rings is 3. The van der Waals surface area contributed by atoms with Crippen LogP contribution < -0.4 is 10.1 Å². The lowest BCUT2D eigenvalue weighted by Gasteiger charge is -2.11. The molecule has 1 amide bonds. The molecule has 0 aliphatic heterocycles. The van der Waals surface area contributed by atoms with Gasteiger partial charge in [-0.05, 0) is 35.0 Å². The van der Waals surface area contributed by atoms with Crippen LogP contribution in [0.5, 0.6) is 5.75 Å². The zero-order valence-electron chi connectivity index (χ0n) is 13.1. The summed E-state index contributed by atoms with van der Waals surface area (Å²) in [7, 11) is 1.56. The van der Waals surface area contributed by atoms with Gasteiger partial charge in [0.2, 0.25) is 5.91 Å². The Labute approximate surface area is 150 Å². The van der Waals surface area contributed by atoms with Crippen LogP contribution in [0.25, 0.3) is 10.8 Å². The summed E-state index contributed by atoms with van der Waals surface area (Å²) in [5, 5.41) is 5.72. The number of carbonyl (C=O) groups is 1. The van der Waals surface area contributed by atoms with Crippen molar-refractivity contribution in [2.75, 3.05) is 18.2 Å². The molecule has 0 aliphatic carbocycles. The van der Waals surface area contributed by atoms with Gasteiger partial charge in [-0.2, -0.15) is 0 Å². The smallest absolute Gasteiger partial charge is 0.234 e. The molecule has 3 rings (SSSR count). The first-order valence-corrected chi connectivity index (χ1v) is 8.77. The maximum absolute atomic E-state index is 12.3. The first kappa shape index (κ1) is 16.7. The Morgan fingerprint density at radius 2 is 1.92 bits per heavy atom. The van der Waals surface area contributed by atoms with E-state index >= 15 is 0 Å². The van der Waals surface area contributed by atoms with Gasteiger partial charge < -0.3 is 10.1 Å². The van der Waals surface area contributed by atoms with E-state index in [1.165, 1.54) is 17.1 Å². The van der Waals surface area contributed by atoms with Gasteiger partial charge in [-0.25, -0.2) is 0 Å². The molecule has 3 aromatic carbocycles. The largest absolute Gasteiger partial charge is 0.495 e. The van der Waals surface area contributed by atoms with E-state index in [4.69, 9.17) is 16.3 Å². The Hall–Kier alpha value is -2.17. The molecule has 0 bridgehead atoms. The molecule has 5 heteroatoms. The molecule has 0 saturated heterocycles. The van der Waals surface area contributed by atoms with Gasteiger partial charge in [0, 0.05) is 9.92 Å². The van der Waals surface area contributed by atoms with Gasteiger partial charge in [-0.15, -0.1) is 11.8 Å². The van der Waals surface area contributed by atoms with Crippen LogP contribution >= 0.6 is 23.4 Å². The SMILES string of the molecule is COc1ccc(Cl)cc1NC(=O)CSc1cccc2ccccc12. The van der Waals surface area contributed by atoms with Crippen LogP contribution in [-0.4, -0.2) is 18.8 Å². The standard InChI is InChI=1S/C19H16ClNO2S/c1-23-17-10-9-14(20)11-16(17)21-19(22)12-24-18-8-4-6-13-5-2-3-7-15(13)18/h2-11H,12H2,1H3,(H,21,22). The molecule has 0 unspecified atom stereocenters. The van der Waals surface area contributed by atoms with Crippen molar-refractivity contribution in [1.82, 2.24) is 0 Å². The van der Waals surface area contributed by atoms with Crippen molar-refractivity contribution in [3.63, 3.8) is 0 Å². The molecule has 3 aromatic rings. The maximum atomic E-state index is 12.3. The summed E-state index contributed by atoms with van der Waals surface area (Å²) in [6.07, 6.45) is 0. The van der Waals surface area contributed by atoms with Gasteiger partial charge in [0.1, 0.15) is 5.75 Å². The maximum Gasteiger partial charge on any atom is 0.234 e. The van der Waals surface area contributed by atoms with Gasteiger partial charge in [0.05, 0.1) is 18.6 Å². The lowest BCUT2D eigenvalue weighted by Crippen LogP contribution is -2.14. The molecular formula is C19H16ClNO2S. The first-order chi connectivity index (χ1) is 11.7. The number of hydrogen-bond donors (Lipinski definition) is 1. The number of amides is 1. The number of methoxy groups -OCH3 is 1. The van der Waals surface area contributed by atoms with E-state index < -0.39 is 0 Å². The van der Waals surface area contributed by atoms with Crippen LogP contribution in [0.4, 0.5) is 5.69 Å². The number of nitrogens with one attached hydrogen (secondary N) is 1. The molecule has 0 saturated carbocycles. The van der Waals surface area contributed by atoms with Gasteiger partial charge in [-0.1, -0.05) is 48.0 Å². The molecule has 1 N–H and O–H groups in total. The Kier molecular flexibility index (Phi) is 5.28. The highest BCUT2D eigenvalue weighted by Crippen LogP contribution is 2.30. The number of anilines is 1. The van der Waals surface area contributed by atoms with E-state index in [0.29, 0.717) is 22.2 Å². The molecule has 122 valence electrons. The summed E-state index contributed by atoms with van der Waals surface area (Å²) in [6.45, 7) is 0. The summed E-state index contributed by atoms with van der Waals surface area (Å²) < 4.78 is 5.24. The molecule has 0 aromatic heterocycles. The van der Waals surface area contributed by atoms with Crippen LogP contribution in [0.3, 0.4) is 0 Å². The minimum Gasteiger partial charge on any atom is -0.495 e. The minimum absolute atomic E-state index is 0.103. The number of carbonyl (C=O) groups excluding carboxylic acids is 1. The molecule has 0 radical (unpaired) electrons. The fraction of sp³-hybridized carbons (Fsp3) is 0.105. The lowest BCUT2D eigenvalue weighted by atomic mass is 10.1. The zero-order valence-corrected chi connectivity index (χ0v) is 14.7. The van der Waals surface area contributed by atoms with Gasteiger partial charge in [0.25, 0.3) is 0 Å². The molecule has 0 heterocycles. The lowest BCUT2D eigenvalue weighted by molar-refractivity contribution is -0.113. The number of ether oxygens (including phenoxy) is 1. The fourth-order valence-corrected chi connectivity index (χ4v) is 3.48. The number of thioether (sulfide) groups is 1. The molecule has 0 fully saturated rings. The van der Waals surface area contributed by atoms with Crippen molar-refractivity contribution in [2.24, 2.45) is 0 Å². The highest BCUT2D eigenvalue weighted by molar-refractivity contribution is 8.00. The van der Waals surface area contributed by atoms with Crippen molar-refractivity contribution in [3.8, 4) is 5.75 Å². The highest BCUT2D eigenvalue weighted by atomic mass is 35.5. The summed E-state index contributed by atoms with van der Waals surface area (Å²) in [6, 6.07) is 19.4. The van der Waals surface area contributed by atoms with Crippen LogP contribution in [0.15, 0.2) is 65.6 Å².